The molecule has 0 rings (SSSR count). The lowest BCUT2D eigenvalue weighted by Gasteiger charge is -2.18. The lowest BCUT2D eigenvalue weighted by molar-refractivity contribution is -0.167. The highest BCUT2D eigenvalue weighted by molar-refractivity contribution is 5.71. The van der Waals surface area contributed by atoms with E-state index in [0.717, 1.165) is 77.0 Å². The number of carbonyl (C=O) groups is 3. The molecule has 0 aromatic carbocycles. The second-order valence-electron chi connectivity index (χ2n) is 18.2. The minimum Gasteiger partial charge on any atom is -0.462 e. The van der Waals surface area contributed by atoms with Gasteiger partial charge in [-0.3, -0.25) is 14.4 Å². The van der Waals surface area contributed by atoms with Gasteiger partial charge in [-0.15, -0.1) is 0 Å². The Labute approximate surface area is 379 Å². The van der Waals surface area contributed by atoms with Gasteiger partial charge in [-0.2, -0.15) is 0 Å². The van der Waals surface area contributed by atoms with Gasteiger partial charge in [0.05, 0.1) is 0 Å². The molecule has 0 aromatic rings. The molecule has 0 aromatic heterocycles. The fraction of sp³-hybridized carbons (Fsp3) is 0.873. The fourth-order valence-corrected chi connectivity index (χ4v) is 7.89. The highest BCUT2D eigenvalue weighted by atomic mass is 16.6. The van der Waals surface area contributed by atoms with E-state index in [4.69, 9.17) is 14.2 Å². The third-order valence-corrected chi connectivity index (χ3v) is 12.0. The maximum atomic E-state index is 12.8. The zero-order valence-corrected chi connectivity index (χ0v) is 40.9. The zero-order valence-electron chi connectivity index (χ0n) is 40.9. The van der Waals surface area contributed by atoms with Crippen molar-refractivity contribution in [1.29, 1.82) is 0 Å². The van der Waals surface area contributed by atoms with Crippen molar-refractivity contribution in [2.24, 2.45) is 0 Å². The Hall–Kier alpha value is -2.11. The highest BCUT2D eigenvalue weighted by Crippen LogP contribution is 2.16. The number of rotatable bonds is 49. The number of esters is 3. The van der Waals surface area contributed by atoms with Gasteiger partial charge in [-0.25, -0.2) is 0 Å². The summed E-state index contributed by atoms with van der Waals surface area (Å²) in [6.45, 7) is 6.63. The van der Waals surface area contributed by atoms with Crippen molar-refractivity contribution in [3.05, 3.63) is 24.3 Å². The van der Waals surface area contributed by atoms with Crippen LogP contribution in [0.1, 0.15) is 290 Å². The molecule has 1 atom stereocenters. The standard InChI is InChI=1S/C55H102O6/c1-4-7-10-13-16-19-22-25-27-30-33-36-39-42-45-48-54(57)60-51-52(50-59-53(56)47-44-41-38-35-32-29-24-21-18-15-12-9-6-3)61-55(58)49-46-43-40-37-34-31-28-26-23-20-17-14-11-8-5-2/h16,19,25,27,52H,4-15,17-18,20-24,26,28-51H2,1-3H3/t52-/m1/s1. The summed E-state index contributed by atoms with van der Waals surface area (Å²) < 4.78 is 16.8. The predicted molar refractivity (Wildman–Crippen MR) is 261 cm³/mol. The Morgan fingerprint density at radius 2 is 0.590 bits per heavy atom. The summed E-state index contributed by atoms with van der Waals surface area (Å²) >= 11 is 0. The monoisotopic (exact) mass is 859 g/mol. The first-order valence-electron chi connectivity index (χ1n) is 26.8. The summed E-state index contributed by atoms with van der Waals surface area (Å²) in [7, 11) is 0. The molecule has 0 aliphatic carbocycles. The summed E-state index contributed by atoms with van der Waals surface area (Å²) in [5.74, 6) is -0.868. The van der Waals surface area contributed by atoms with Gasteiger partial charge < -0.3 is 14.2 Å². The van der Waals surface area contributed by atoms with E-state index in [0.29, 0.717) is 19.3 Å². The van der Waals surface area contributed by atoms with Crippen molar-refractivity contribution in [1.82, 2.24) is 0 Å². The van der Waals surface area contributed by atoms with Gasteiger partial charge in [0.1, 0.15) is 13.2 Å². The lowest BCUT2D eigenvalue weighted by Crippen LogP contribution is -2.30. The molecule has 358 valence electrons. The van der Waals surface area contributed by atoms with Gasteiger partial charge in [-0.1, -0.05) is 244 Å². The molecule has 0 unspecified atom stereocenters. The third-order valence-electron chi connectivity index (χ3n) is 12.0. The average molecular weight is 859 g/mol. The van der Waals surface area contributed by atoms with Crippen molar-refractivity contribution in [3.8, 4) is 0 Å². The molecular formula is C55H102O6. The van der Waals surface area contributed by atoms with E-state index in [-0.39, 0.29) is 31.1 Å². The van der Waals surface area contributed by atoms with E-state index in [1.54, 1.807) is 0 Å². The number of hydrogen-bond donors (Lipinski definition) is 0. The maximum Gasteiger partial charge on any atom is 0.306 e. The van der Waals surface area contributed by atoms with E-state index < -0.39 is 6.10 Å². The molecule has 0 heterocycles. The number of carbonyl (C=O) groups excluding carboxylic acids is 3. The SMILES string of the molecule is CCCCCC=CCC=CCCCCCCCC(=O)OC[C@@H](COC(=O)CCCCCCCCCCCCCCC)OC(=O)CCCCCCCCCCCCCCCCC. The molecule has 0 saturated heterocycles. The molecule has 0 radical (unpaired) electrons. The topological polar surface area (TPSA) is 78.9 Å². The zero-order chi connectivity index (χ0) is 44.4. The number of ether oxygens (including phenoxy) is 3. The first-order valence-corrected chi connectivity index (χ1v) is 26.8. The van der Waals surface area contributed by atoms with Gasteiger partial charge in [0, 0.05) is 19.3 Å². The fourth-order valence-electron chi connectivity index (χ4n) is 7.89. The summed E-state index contributed by atoms with van der Waals surface area (Å²) in [4.78, 5) is 38.0. The Morgan fingerprint density at radius 1 is 0.328 bits per heavy atom. The van der Waals surface area contributed by atoms with Crippen LogP contribution in [-0.4, -0.2) is 37.2 Å². The normalized spacial score (nSPS) is 12.1. The minimum atomic E-state index is -0.770. The molecule has 0 N–H and O–H groups in total. The van der Waals surface area contributed by atoms with E-state index in [1.807, 2.05) is 0 Å². The molecule has 0 saturated carbocycles. The molecule has 6 heteroatoms. The lowest BCUT2D eigenvalue weighted by atomic mass is 10.0. The Balaban J connectivity index is 4.35. The van der Waals surface area contributed by atoms with Gasteiger partial charge in [-0.05, 0) is 51.4 Å². The van der Waals surface area contributed by atoms with Crippen LogP contribution in [0.5, 0.6) is 0 Å². The van der Waals surface area contributed by atoms with Crippen molar-refractivity contribution >= 4 is 17.9 Å². The number of allylic oxidation sites excluding steroid dienone is 4. The van der Waals surface area contributed by atoms with Crippen LogP contribution >= 0.6 is 0 Å². The van der Waals surface area contributed by atoms with E-state index in [1.165, 1.54) is 173 Å². The van der Waals surface area contributed by atoms with Crippen LogP contribution in [0.3, 0.4) is 0 Å². The minimum absolute atomic E-state index is 0.0706. The Kier molecular flexibility index (Phi) is 48.8. The Morgan fingerprint density at radius 3 is 0.934 bits per heavy atom. The predicted octanol–water partition coefficient (Wildman–Crippen LogP) is 17.5. The van der Waals surface area contributed by atoms with Crippen LogP contribution in [-0.2, 0) is 28.6 Å². The summed E-state index contributed by atoms with van der Waals surface area (Å²) in [6.07, 6.45) is 57.3. The molecule has 0 amide bonds. The quantitative estimate of drug-likeness (QED) is 0.0262. The van der Waals surface area contributed by atoms with E-state index in [2.05, 4.69) is 45.1 Å². The number of unbranched alkanes of at least 4 members (excludes halogenated alkanes) is 34. The van der Waals surface area contributed by atoms with Gasteiger partial charge >= 0.3 is 17.9 Å². The van der Waals surface area contributed by atoms with E-state index in [9.17, 15) is 14.4 Å². The summed E-state index contributed by atoms with van der Waals surface area (Å²) in [5, 5.41) is 0. The van der Waals surface area contributed by atoms with E-state index >= 15 is 0 Å². The van der Waals surface area contributed by atoms with Crippen LogP contribution in [0.25, 0.3) is 0 Å². The average Bonchev–Trinajstić information content (AvgIpc) is 3.26. The molecule has 0 bridgehead atoms. The number of hydrogen-bond acceptors (Lipinski definition) is 6. The molecule has 0 aliphatic rings. The second-order valence-corrected chi connectivity index (χ2v) is 18.2. The molecular weight excluding hydrogens is 757 g/mol. The molecule has 61 heavy (non-hydrogen) atoms. The first-order chi connectivity index (χ1) is 30.0. The Bertz CT molecular complexity index is 989. The van der Waals surface area contributed by atoms with Crippen LogP contribution in [0.15, 0.2) is 24.3 Å². The second kappa shape index (κ2) is 50.5. The van der Waals surface area contributed by atoms with Gasteiger partial charge in [0.15, 0.2) is 6.10 Å². The van der Waals surface area contributed by atoms with Crippen molar-refractivity contribution in [2.75, 3.05) is 13.2 Å². The molecule has 0 fully saturated rings. The van der Waals surface area contributed by atoms with Crippen molar-refractivity contribution in [3.63, 3.8) is 0 Å². The summed E-state index contributed by atoms with van der Waals surface area (Å²) in [6, 6.07) is 0. The molecule has 6 nitrogen and oxygen atoms in total. The highest BCUT2D eigenvalue weighted by Gasteiger charge is 2.19. The van der Waals surface area contributed by atoms with Crippen molar-refractivity contribution in [2.45, 2.75) is 297 Å². The molecule has 0 aliphatic heterocycles. The van der Waals surface area contributed by atoms with Gasteiger partial charge in [0.25, 0.3) is 0 Å². The smallest absolute Gasteiger partial charge is 0.306 e. The largest absolute Gasteiger partial charge is 0.462 e. The van der Waals surface area contributed by atoms with Crippen LogP contribution < -0.4 is 0 Å². The van der Waals surface area contributed by atoms with Crippen LogP contribution in [0.4, 0.5) is 0 Å². The maximum absolute atomic E-state index is 12.8. The van der Waals surface area contributed by atoms with Crippen molar-refractivity contribution < 1.29 is 28.6 Å². The van der Waals surface area contributed by atoms with Crippen LogP contribution in [0.2, 0.25) is 0 Å². The first kappa shape index (κ1) is 58.9. The third kappa shape index (κ3) is 48.8. The van der Waals surface area contributed by atoms with Gasteiger partial charge in [0.2, 0.25) is 0 Å². The summed E-state index contributed by atoms with van der Waals surface area (Å²) in [5.41, 5.74) is 0. The molecule has 0 spiro atoms. The van der Waals surface area contributed by atoms with Crippen LogP contribution in [0, 0.1) is 0 Å².